The topological polar surface area (TPSA) is 148 Å². The first kappa shape index (κ1) is 28.4. The summed E-state index contributed by atoms with van der Waals surface area (Å²) in [5.74, 6) is -1.13. The molecule has 0 bridgehead atoms. The minimum Gasteiger partial charge on any atom is -0.451 e. The van der Waals surface area contributed by atoms with Gasteiger partial charge in [-0.2, -0.15) is 10.4 Å². The number of hydrogen-bond donors (Lipinski definition) is 3. The second-order valence-electron chi connectivity index (χ2n) is 10.4. The van der Waals surface area contributed by atoms with Crippen LogP contribution in [-0.4, -0.2) is 50.7 Å². The first-order chi connectivity index (χ1) is 18.9. The summed E-state index contributed by atoms with van der Waals surface area (Å²) in [5.41, 5.74) is 0.306. The van der Waals surface area contributed by atoms with E-state index < -0.39 is 53.3 Å². The molecule has 1 saturated heterocycles. The average molecular weight is 548 g/mol. The summed E-state index contributed by atoms with van der Waals surface area (Å²) in [4.78, 5) is 39.8. The second kappa shape index (κ2) is 11.3. The number of aryl methyl sites for hydroxylation is 2. The van der Waals surface area contributed by atoms with E-state index in [1.807, 2.05) is 0 Å². The predicted molar refractivity (Wildman–Crippen MR) is 143 cm³/mol. The van der Waals surface area contributed by atoms with Crippen LogP contribution in [0.25, 0.3) is 0 Å². The van der Waals surface area contributed by atoms with Crippen molar-refractivity contribution in [2.75, 3.05) is 6.54 Å². The fraction of sp³-hybridized carbons (Fsp3) is 0.345. The molecular weight excluding hydrogens is 517 g/mol. The highest BCUT2D eigenvalue weighted by atomic mass is 19.1. The fourth-order valence-corrected chi connectivity index (χ4v) is 4.90. The van der Waals surface area contributed by atoms with Gasteiger partial charge in [0.25, 0.3) is 5.91 Å². The molecule has 1 aliphatic rings. The average Bonchev–Trinajstić information content (AvgIpc) is 3.28. The van der Waals surface area contributed by atoms with E-state index in [9.17, 15) is 29.1 Å². The van der Waals surface area contributed by atoms with Gasteiger partial charge in [0.2, 0.25) is 5.91 Å². The van der Waals surface area contributed by atoms with Crippen molar-refractivity contribution in [1.29, 1.82) is 5.26 Å². The van der Waals surface area contributed by atoms with Gasteiger partial charge in [-0.25, -0.2) is 9.49 Å². The molecule has 3 aromatic rings. The van der Waals surface area contributed by atoms with Gasteiger partial charge in [0.05, 0.1) is 41.9 Å². The number of H-pyrrole nitrogens is 1. The highest BCUT2D eigenvalue weighted by molar-refractivity contribution is 5.97. The number of carbonyl (C=O) groups excluding carboxylic acids is 2. The van der Waals surface area contributed by atoms with Crippen molar-refractivity contribution in [1.82, 2.24) is 20.4 Å². The van der Waals surface area contributed by atoms with Crippen molar-refractivity contribution in [3.63, 3.8) is 0 Å². The third-order valence-corrected chi connectivity index (χ3v) is 7.02. The maximum atomic E-state index is 14.0. The molecule has 0 unspecified atom stereocenters. The molecule has 0 saturated carbocycles. The largest absolute Gasteiger partial charge is 0.451 e. The molecular formula is C29H30FN5O5. The Labute approximate surface area is 230 Å². The minimum atomic E-state index is -1.02. The van der Waals surface area contributed by atoms with E-state index in [1.165, 1.54) is 35.2 Å². The van der Waals surface area contributed by atoms with Crippen molar-refractivity contribution < 1.29 is 23.8 Å². The molecule has 2 aromatic carbocycles. The van der Waals surface area contributed by atoms with Crippen LogP contribution in [0.5, 0.6) is 11.5 Å². The van der Waals surface area contributed by atoms with Gasteiger partial charge in [-0.3, -0.25) is 14.4 Å². The van der Waals surface area contributed by atoms with Crippen LogP contribution in [0.4, 0.5) is 4.39 Å². The number of hydrogen-bond acceptors (Lipinski definition) is 7. The van der Waals surface area contributed by atoms with E-state index in [4.69, 9.17) is 4.74 Å². The summed E-state index contributed by atoms with van der Waals surface area (Å²) >= 11 is 0. The molecule has 1 fully saturated rings. The van der Waals surface area contributed by atoms with Gasteiger partial charge >= 0.3 is 5.56 Å². The number of likely N-dealkylation sites (tertiary alicyclic amines) is 1. The molecule has 2 heterocycles. The number of halogens is 1. The van der Waals surface area contributed by atoms with Gasteiger partial charge in [0.1, 0.15) is 11.6 Å². The van der Waals surface area contributed by atoms with Crippen LogP contribution in [0.3, 0.4) is 0 Å². The molecule has 1 aromatic heterocycles. The Morgan fingerprint density at radius 3 is 2.65 bits per heavy atom. The van der Waals surface area contributed by atoms with Gasteiger partial charge < -0.3 is 20.1 Å². The first-order valence-electron chi connectivity index (χ1n) is 12.7. The Morgan fingerprint density at radius 1 is 1.23 bits per heavy atom. The molecule has 11 heteroatoms. The number of aliphatic hydroxyl groups excluding tert-OH is 1. The third kappa shape index (κ3) is 5.87. The van der Waals surface area contributed by atoms with Crippen molar-refractivity contribution in [2.45, 2.75) is 52.3 Å². The van der Waals surface area contributed by atoms with Crippen LogP contribution in [0.1, 0.15) is 53.5 Å². The number of benzene rings is 2. The van der Waals surface area contributed by atoms with Gasteiger partial charge in [-0.15, -0.1) is 0 Å². The van der Waals surface area contributed by atoms with E-state index in [-0.39, 0.29) is 17.7 Å². The standard InChI is InChI=1S/C29H30FN5O5/c1-16-10-19(8-9-22(16)40-23-11-17(2)33-34-28(23)39)27(38)32-14-25(37)35-24(29(3,4)15-31)13-21(36)26(35)18-6-5-7-20(30)12-18/h5-12,21,24,26,36H,13-14H2,1-4H3,(H,32,38)(H,34,39)/t21-,24-,26-/m1/s1. The fourth-order valence-electron chi connectivity index (χ4n) is 4.90. The number of carbonyl (C=O) groups is 2. The number of aromatic amines is 1. The molecule has 0 radical (unpaired) electrons. The summed E-state index contributed by atoms with van der Waals surface area (Å²) in [6, 6.07) is 12.4. The van der Waals surface area contributed by atoms with Crippen molar-refractivity contribution in [3.8, 4) is 17.6 Å². The zero-order chi connectivity index (χ0) is 29.2. The minimum absolute atomic E-state index is 0.0638. The van der Waals surface area contributed by atoms with Gasteiger partial charge in [0, 0.05) is 11.6 Å². The summed E-state index contributed by atoms with van der Waals surface area (Å²) in [7, 11) is 0. The number of nitrogens with one attached hydrogen (secondary N) is 2. The van der Waals surface area contributed by atoms with Crippen LogP contribution in [0.15, 0.2) is 53.3 Å². The highest BCUT2D eigenvalue weighted by Crippen LogP contribution is 2.43. The summed E-state index contributed by atoms with van der Waals surface area (Å²) in [6.07, 6.45) is -0.896. The smallest absolute Gasteiger partial charge is 0.307 e. The lowest BCUT2D eigenvalue weighted by Crippen LogP contribution is -2.48. The highest BCUT2D eigenvalue weighted by Gasteiger charge is 2.50. The summed E-state index contributed by atoms with van der Waals surface area (Å²) in [6.45, 7) is 6.36. The lowest BCUT2D eigenvalue weighted by atomic mass is 9.84. The van der Waals surface area contributed by atoms with Gasteiger partial charge in [0.15, 0.2) is 5.75 Å². The van der Waals surface area contributed by atoms with Crippen LogP contribution >= 0.6 is 0 Å². The molecule has 4 rings (SSSR count). The van der Waals surface area contributed by atoms with E-state index in [1.54, 1.807) is 45.9 Å². The number of aliphatic hydroxyl groups is 1. The Morgan fingerprint density at radius 2 is 1.98 bits per heavy atom. The van der Waals surface area contributed by atoms with Gasteiger partial charge in [-0.1, -0.05) is 12.1 Å². The lowest BCUT2D eigenvalue weighted by molar-refractivity contribution is -0.135. The number of nitriles is 1. The molecule has 0 aliphatic carbocycles. The van der Waals surface area contributed by atoms with Crippen molar-refractivity contribution in [3.05, 3.63) is 87.1 Å². The summed E-state index contributed by atoms with van der Waals surface area (Å²) < 4.78 is 19.7. The maximum Gasteiger partial charge on any atom is 0.307 e. The number of nitrogens with zero attached hydrogens (tertiary/aromatic N) is 3. The van der Waals surface area contributed by atoms with E-state index >= 15 is 0 Å². The van der Waals surface area contributed by atoms with Crippen LogP contribution < -0.4 is 15.6 Å². The van der Waals surface area contributed by atoms with Crippen LogP contribution in [-0.2, 0) is 4.79 Å². The normalized spacial score (nSPS) is 18.7. The predicted octanol–water partition coefficient (Wildman–Crippen LogP) is 3.30. The van der Waals surface area contributed by atoms with E-state index in [0.717, 1.165) is 0 Å². The number of ether oxygens (including phenoxy) is 1. The molecule has 1 aliphatic heterocycles. The van der Waals surface area contributed by atoms with Crippen LogP contribution in [0.2, 0.25) is 0 Å². The lowest BCUT2D eigenvalue weighted by Gasteiger charge is -2.36. The third-order valence-electron chi connectivity index (χ3n) is 7.02. The summed E-state index contributed by atoms with van der Waals surface area (Å²) in [5, 5.41) is 29.4. The van der Waals surface area contributed by atoms with E-state index in [2.05, 4.69) is 21.6 Å². The number of rotatable bonds is 7. The molecule has 3 atom stereocenters. The zero-order valence-electron chi connectivity index (χ0n) is 22.6. The molecule has 208 valence electrons. The Bertz CT molecular complexity index is 1550. The van der Waals surface area contributed by atoms with Crippen LogP contribution in [0, 0.1) is 36.4 Å². The Kier molecular flexibility index (Phi) is 8.02. The molecule has 0 spiro atoms. The Balaban J connectivity index is 1.51. The maximum absolute atomic E-state index is 14.0. The molecule has 40 heavy (non-hydrogen) atoms. The van der Waals surface area contributed by atoms with E-state index in [0.29, 0.717) is 22.6 Å². The number of aromatic nitrogens is 2. The van der Waals surface area contributed by atoms with Gasteiger partial charge in [-0.05, 0) is 75.6 Å². The zero-order valence-corrected chi connectivity index (χ0v) is 22.6. The molecule has 3 N–H and O–H groups in total. The SMILES string of the molecule is Cc1cc(Oc2ccc(C(=O)NCC(=O)N3[C@H](c4cccc(F)c4)[C@H](O)C[C@@H]3C(C)(C)C#N)cc2C)c(=O)[nH]n1. The molecule has 10 nitrogen and oxygen atoms in total. The molecule has 2 amide bonds. The first-order valence-corrected chi connectivity index (χ1v) is 12.7. The monoisotopic (exact) mass is 547 g/mol. The quantitative estimate of drug-likeness (QED) is 0.411. The van der Waals surface area contributed by atoms with Crippen molar-refractivity contribution in [2.24, 2.45) is 5.41 Å². The number of amides is 2. The van der Waals surface area contributed by atoms with Crippen molar-refractivity contribution >= 4 is 11.8 Å². The second-order valence-corrected chi connectivity index (χ2v) is 10.4. The Hall–Kier alpha value is -4.56.